The molecule has 0 aliphatic carbocycles. The van der Waals surface area contributed by atoms with E-state index in [9.17, 15) is 4.79 Å². The van der Waals surface area contributed by atoms with Gasteiger partial charge in [-0.15, -0.1) is 11.3 Å². The van der Waals surface area contributed by atoms with Gasteiger partial charge in [-0.25, -0.2) is 4.98 Å². The maximum absolute atomic E-state index is 12.7. The van der Waals surface area contributed by atoms with E-state index in [0.29, 0.717) is 34.2 Å². The molecule has 2 aromatic heterocycles. The van der Waals surface area contributed by atoms with Gasteiger partial charge in [0.05, 0.1) is 18.5 Å². The first-order valence-corrected chi connectivity index (χ1v) is 10.1. The van der Waals surface area contributed by atoms with Crippen LogP contribution in [0.1, 0.15) is 12.7 Å². The summed E-state index contributed by atoms with van der Waals surface area (Å²) in [7, 11) is 0. The number of halogens is 1. The van der Waals surface area contributed by atoms with Crippen LogP contribution in [0.25, 0.3) is 21.3 Å². The van der Waals surface area contributed by atoms with Crippen molar-refractivity contribution in [2.45, 2.75) is 13.5 Å². The van der Waals surface area contributed by atoms with E-state index in [2.05, 4.69) is 15.3 Å². The summed E-state index contributed by atoms with van der Waals surface area (Å²) in [4.78, 5) is 20.9. The first-order chi connectivity index (χ1) is 13.7. The first kappa shape index (κ1) is 18.5. The molecule has 142 valence electrons. The van der Waals surface area contributed by atoms with Crippen molar-refractivity contribution in [1.29, 1.82) is 0 Å². The summed E-state index contributed by atoms with van der Waals surface area (Å²) >= 11 is 7.74. The lowest BCUT2D eigenvalue weighted by atomic mass is 10.1. The number of nitrogens with zero attached hydrogens (tertiary/aromatic N) is 1. The molecule has 4 rings (SSSR count). The number of hydrogen-bond acceptors (Lipinski definition) is 5. The number of thiophene rings is 1. The molecule has 28 heavy (non-hydrogen) atoms. The highest BCUT2D eigenvalue weighted by molar-refractivity contribution is 7.17. The molecule has 2 aromatic carbocycles. The molecule has 5 nitrogen and oxygen atoms in total. The van der Waals surface area contributed by atoms with Crippen molar-refractivity contribution in [3.63, 3.8) is 0 Å². The third kappa shape index (κ3) is 3.74. The summed E-state index contributed by atoms with van der Waals surface area (Å²) in [5.41, 5.74) is 2.41. The van der Waals surface area contributed by atoms with Gasteiger partial charge in [-0.1, -0.05) is 29.8 Å². The smallest absolute Gasteiger partial charge is 0.260 e. The number of rotatable bonds is 6. The van der Waals surface area contributed by atoms with Gasteiger partial charge in [0.1, 0.15) is 16.4 Å². The summed E-state index contributed by atoms with van der Waals surface area (Å²) in [5.74, 6) is 1.41. The second-order valence-corrected chi connectivity index (χ2v) is 7.40. The van der Waals surface area contributed by atoms with E-state index in [4.69, 9.17) is 16.3 Å². The molecule has 0 saturated heterocycles. The maximum atomic E-state index is 12.7. The van der Waals surface area contributed by atoms with Crippen LogP contribution in [0.2, 0.25) is 5.02 Å². The van der Waals surface area contributed by atoms with Crippen molar-refractivity contribution in [3.8, 4) is 16.9 Å². The topological polar surface area (TPSA) is 67.0 Å². The number of aromatic nitrogens is 2. The standard InChI is InChI=1S/C21H18ClN3O2S/c1-2-27-14-9-7-13(8-10-14)23-11-18-24-20(26)19-16(12-28-21(19)25-18)15-5-3-4-6-17(15)22/h3-10,12,23H,2,11H2,1H3,(H,24,25,26). The molecule has 0 aliphatic rings. The van der Waals surface area contributed by atoms with Gasteiger partial charge in [-0.05, 0) is 37.3 Å². The van der Waals surface area contributed by atoms with E-state index in [0.717, 1.165) is 22.6 Å². The molecule has 0 atom stereocenters. The first-order valence-electron chi connectivity index (χ1n) is 8.87. The number of H-pyrrole nitrogens is 1. The van der Waals surface area contributed by atoms with Crippen LogP contribution < -0.4 is 15.6 Å². The molecule has 7 heteroatoms. The molecule has 0 spiro atoms. The van der Waals surface area contributed by atoms with Crippen molar-refractivity contribution in [2.24, 2.45) is 0 Å². The molecule has 0 aliphatic heterocycles. The number of benzene rings is 2. The van der Waals surface area contributed by atoms with Crippen molar-refractivity contribution in [3.05, 3.63) is 75.1 Å². The van der Waals surface area contributed by atoms with Crippen LogP contribution in [-0.4, -0.2) is 16.6 Å². The van der Waals surface area contributed by atoms with E-state index in [1.54, 1.807) is 0 Å². The Labute approximate surface area is 171 Å². The van der Waals surface area contributed by atoms with Crippen molar-refractivity contribution >= 4 is 38.8 Å². The van der Waals surface area contributed by atoms with Crippen LogP contribution in [0, 0.1) is 0 Å². The SMILES string of the molecule is CCOc1ccc(NCc2nc3scc(-c4ccccc4Cl)c3c(=O)[nH]2)cc1. The van der Waals surface area contributed by atoms with Crippen LogP contribution in [0.4, 0.5) is 5.69 Å². The van der Waals surface area contributed by atoms with Gasteiger partial charge in [-0.2, -0.15) is 0 Å². The summed E-state index contributed by atoms with van der Waals surface area (Å²) in [6, 6.07) is 15.2. The van der Waals surface area contributed by atoms with Crippen LogP contribution in [-0.2, 0) is 6.54 Å². The third-order valence-corrected chi connectivity index (χ3v) is 5.48. The number of nitrogens with one attached hydrogen (secondary N) is 2. The molecule has 2 heterocycles. The number of ether oxygens (including phenoxy) is 1. The minimum absolute atomic E-state index is 0.162. The molecule has 0 radical (unpaired) electrons. The Morgan fingerprint density at radius 2 is 1.93 bits per heavy atom. The monoisotopic (exact) mass is 411 g/mol. The van der Waals surface area contributed by atoms with E-state index in [1.807, 2.05) is 60.8 Å². The van der Waals surface area contributed by atoms with Gasteiger partial charge >= 0.3 is 0 Å². The van der Waals surface area contributed by atoms with E-state index < -0.39 is 0 Å². The normalized spacial score (nSPS) is 10.9. The van der Waals surface area contributed by atoms with Crippen LogP contribution in [0.5, 0.6) is 5.75 Å². The maximum Gasteiger partial charge on any atom is 0.260 e. The van der Waals surface area contributed by atoms with Gasteiger partial charge < -0.3 is 15.0 Å². The lowest BCUT2D eigenvalue weighted by Gasteiger charge is -2.08. The highest BCUT2D eigenvalue weighted by Crippen LogP contribution is 2.34. The third-order valence-electron chi connectivity index (χ3n) is 4.28. The summed E-state index contributed by atoms with van der Waals surface area (Å²) < 4.78 is 5.44. The summed E-state index contributed by atoms with van der Waals surface area (Å²) in [6.07, 6.45) is 0. The fraction of sp³-hybridized carbons (Fsp3) is 0.143. The molecule has 0 unspecified atom stereocenters. The minimum Gasteiger partial charge on any atom is -0.494 e. The van der Waals surface area contributed by atoms with Gasteiger partial charge in [0.2, 0.25) is 0 Å². The zero-order chi connectivity index (χ0) is 19.5. The number of aromatic amines is 1. The fourth-order valence-electron chi connectivity index (χ4n) is 2.98. The van der Waals surface area contributed by atoms with Crippen LogP contribution >= 0.6 is 22.9 Å². The largest absolute Gasteiger partial charge is 0.494 e. The molecule has 0 fully saturated rings. The van der Waals surface area contributed by atoms with Gasteiger partial charge in [0.25, 0.3) is 5.56 Å². The van der Waals surface area contributed by atoms with Crippen LogP contribution in [0.3, 0.4) is 0 Å². The Morgan fingerprint density at radius 1 is 1.14 bits per heavy atom. The number of hydrogen-bond donors (Lipinski definition) is 2. The summed E-state index contributed by atoms with van der Waals surface area (Å²) in [5, 5.41) is 6.38. The fourth-order valence-corrected chi connectivity index (χ4v) is 4.17. The predicted molar refractivity (Wildman–Crippen MR) is 116 cm³/mol. The number of fused-ring (bicyclic) bond motifs is 1. The van der Waals surface area contributed by atoms with Gasteiger partial charge in [0.15, 0.2) is 0 Å². The molecule has 4 aromatic rings. The average Bonchev–Trinajstić information content (AvgIpc) is 3.12. The average molecular weight is 412 g/mol. The zero-order valence-corrected chi connectivity index (χ0v) is 16.7. The Morgan fingerprint density at radius 3 is 2.68 bits per heavy atom. The Balaban J connectivity index is 1.58. The zero-order valence-electron chi connectivity index (χ0n) is 15.2. The van der Waals surface area contributed by atoms with E-state index in [-0.39, 0.29) is 5.56 Å². The molecule has 2 N–H and O–H groups in total. The molecule has 0 saturated carbocycles. The van der Waals surface area contributed by atoms with Crippen molar-refractivity contribution < 1.29 is 4.74 Å². The van der Waals surface area contributed by atoms with Gasteiger partial charge in [0, 0.05) is 27.2 Å². The molecular weight excluding hydrogens is 394 g/mol. The molecule has 0 bridgehead atoms. The second kappa shape index (κ2) is 8.04. The minimum atomic E-state index is -0.162. The predicted octanol–water partition coefficient (Wildman–Crippen LogP) is 5.32. The highest BCUT2D eigenvalue weighted by Gasteiger charge is 2.14. The lowest BCUT2D eigenvalue weighted by Crippen LogP contribution is -2.14. The molecule has 0 amide bonds. The van der Waals surface area contributed by atoms with E-state index in [1.165, 1.54) is 11.3 Å². The van der Waals surface area contributed by atoms with E-state index >= 15 is 0 Å². The Kier molecular flexibility index (Phi) is 5.32. The summed E-state index contributed by atoms with van der Waals surface area (Å²) in [6.45, 7) is 3.00. The highest BCUT2D eigenvalue weighted by atomic mass is 35.5. The van der Waals surface area contributed by atoms with Crippen LogP contribution in [0.15, 0.2) is 58.7 Å². The van der Waals surface area contributed by atoms with Crippen molar-refractivity contribution in [2.75, 3.05) is 11.9 Å². The second-order valence-electron chi connectivity index (χ2n) is 6.13. The van der Waals surface area contributed by atoms with Gasteiger partial charge in [-0.3, -0.25) is 4.79 Å². The number of anilines is 1. The van der Waals surface area contributed by atoms with Crippen molar-refractivity contribution in [1.82, 2.24) is 9.97 Å². The quantitative estimate of drug-likeness (QED) is 0.451. The Hall–Kier alpha value is -2.83. The Bertz CT molecular complexity index is 1170. The molecular formula is C21H18ClN3O2S. The lowest BCUT2D eigenvalue weighted by molar-refractivity contribution is 0.340.